The van der Waals surface area contributed by atoms with E-state index in [2.05, 4.69) is 0 Å². The number of benzene rings is 1. The van der Waals surface area contributed by atoms with E-state index in [1.165, 1.54) is 0 Å². The summed E-state index contributed by atoms with van der Waals surface area (Å²) < 4.78 is 10.2. The van der Waals surface area contributed by atoms with Crippen LogP contribution >= 0.6 is 0 Å². The van der Waals surface area contributed by atoms with Crippen LogP contribution in [-0.4, -0.2) is 63.8 Å². The Morgan fingerprint density at radius 1 is 1.17 bits per heavy atom. The third kappa shape index (κ3) is 4.55. The third-order valence-electron chi connectivity index (χ3n) is 4.26. The first-order valence-electron chi connectivity index (χ1n) is 8.20. The van der Waals surface area contributed by atoms with Crippen molar-refractivity contribution in [1.82, 2.24) is 4.90 Å². The van der Waals surface area contributed by atoms with Gasteiger partial charge in [-0.15, -0.1) is 0 Å². The second-order valence-electron chi connectivity index (χ2n) is 6.05. The summed E-state index contributed by atoms with van der Waals surface area (Å²) in [4.78, 5) is 28.5. The summed E-state index contributed by atoms with van der Waals surface area (Å²) in [6, 6.07) is 7.80. The third-order valence-corrected chi connectivity index (χ3v) is 4.26. The van der Waals surface area contributed by atoms with Crippen molar-refractivity contribution < 1.29 is 19.1 Å². The van der Waals surface area contributed by atoms with Crippen LogP contribution in [-0.2, 0) is 19.1 Å². The summed E-state index contributed by atoms with van der Waals surface area (Å²) in [5, 5.41) is 0. The molecular weight excluding hydrogens is 308 g/mol. The van der Waals surface area contributed by atoms with Crippen molar-refractivity contribution in [3.63, 3.8) is 0 Å². The van der Waals surface area contributed by atoms with Gasteiger partial charge in [-0.05, 0) is 19.1 Å². The molecule has 0 spiro atoms. The lowest BCUT2D eigenvalue weighted by molar-refractivity contribution is -0.137. The molecule has 0 aromatic heterocycles. The van der Waals surface area contributed by atoms with Crippen LogP contribution in [0.4, 0.5) is 5.69 Å². The predicted octanol–water partition coefficient (Wildman–Crippen LogP) is 1.47. The largest absolute Gasteiger partial charge is 0.383 e. The highest BCUT2D eigenvalue weighted by Gasteiger charge is 2.37. The molecule has 132 valence electrons. The Labute approximate surface area is 143 Å². The number of nitrogens with zero attached hydrogens (tertiary/aromatic N) is 2. The lowest BCUT2D eigenvalue weighted by atomic mass is 10.1. The van der Waals surface area contributed by atoms with E-state index in [1.54, 1.807) is 24.0 Å². The molecule has 0 N–H and O–H groups in total. The summed E-state index contributed by atoms with van der Waals surface area (Å²) in [6.07, 6.45) is 0.253. The lowest BCUT2D eigenvalue weighted by Crippen LogP contribution is -2.41. The van der Waals surface area contributed by atoms with E-state index in [0.29, 0.717) is 32.8 Å². The molecule has 1 saturated heterocycles. The molecule has 1 aromatic rings. The van der Waals surface area contributed by atoms with Gasteiger partial charge in [-0.1, -0.05) is 17.7 Å². The highest BCUT2D eigenvalue weighted by atomic mass is 16.5. The molecule has 0 aliphatic carbocycles. The molecule has 1 aliphatic rings. The van der Waals surface area contributed by atoms with Crippen molar-refractivity contribution >= 4 is 17.5 Å². The molecule has 1 atom stereocenters. The Hall–Kier alpha value is -1.92. The summed E-state index contributed by atoms with van der Waals surface area (Å²) in [7, 11) is 3.22. The topological polar surface area (TPSA) is 59.1 Å². The minimum absolute atomic E-state index is 0.00404. The van der Waals surface area contributed by atoms with Crippen LogP contribution < -0.4 is 4.90 Å². The predicted molar refractivity (Wildman–Crippen MR) is 92.0 cm³/mol. The Bertz CT molecular complexity index is 551. The van der Waals surface area contributed by atoms with Crippen molar-refractivity contribution in [3.8, 4) is 0 Å². The number of hydrogen-bond donors (Lipinski definition) is 0. The molecule has 0 saturated carbocycles. The van der Waals surface area contributed by atoms with Gasteiger partial charge in [-0.3, -0.25) is 9.59 Å². The van der Waals surface area contributed by atoms with E-state index in [4.69, 9.17) is 9.47 Å². The van der Waals surface area contributed by atoms with E-state index < -0.39 is 0 Å². The molecule has 2 rings (SSSR count). The fourth-order valence-corrected chi connectivity index (χ4v) is 2.84. The molecule has 6 heteroatoms. The second-order valence-corrected chi connectivity index (χ2v) is 6.05. The van der Waals surface area contributed by atoms with Gasteiger partial charge in [0.05, 0.1) is 19.1 Å². The monoisotopic (exact) mass is 334 g/mol. The van der Waals surface area contributed by atoms with Crippen LogP contribution in [0, 0.1) is 12.8 Å². The molecule has 2 amide bonds. The Morgan fingerprint density at radius 2 is 1.75 bits per heavy atom. The van der Waals surface area contributed by atoms with Gasteiger partial charge >= 0.3 is 0 Å². The molecule has 0 bridgehead atoms. The van der Waals surface area contributed by atoms with Crippen LogP contribution in [0.5, 0.6) is 0 Å². The number of amides is 2. The maximum atomic E-state index is 12.8. The molecule has 0 radical (unpaired) electrons. The summed E-state index contributed by atoms with van der Waals surface area (Å²) in [5.74, 6) is -0.324. The first-order chi connectivity index (χ1) is 11.6. The Balaban J connectivity index is 2.04. The highest BCUT2D eigenvalue weighted by Crippen LogP contribution is 2.26. The standard InChI is InChI=1S/C18H26N2O4/c1-14-4-6-16(7-5-14)20-13-15(12-17(20)21)18(22)19(8-10-23-2)9-11-24-3/h4-7,15H,8-13H2,1-3H3. The minimum atomic E-state index is -0.312. The van der Waals surface area contributed by atoms with E-state index in [9.17, 15) is 9.59 Å². The number of methoxy groups -OCH3 is 2. The maximum absolute atomic E-state index is 12.8. The Morgan fingerprint density at radius 3 is 2.29 bits per heavy atom. The number of anilines is 1. The molecule has 1 heterocycles. The Kier molecular flexibility index (Phi) is 6.75. The molecule has 1 fully saturated rings. The van der Waals surface area contributed by atoms with Crippen molar-refractivity contribution in [2.24, 2.45) is 5.92 Å². The normalized spacial score (nSPS) is 17.4. The molecule has 1 aliphatic heterocycles. The van der Waals surface area contributed by atoms with E-state index in [-0.39, 0.29) is 24.2 Å². The molecule has 24 heavy (non-hydrogen) atoms. The number of ether oxygens (including phenoxy) is 2. The smallest absolute Gasteiger partial charge is 0.228 e. The quantitative estimate of drug-likeness (QED) is 0.722. The van der Waals surface area contributed by atoms with Gasteiger partial charge in [0.25, 0.3) is 0 Å². The van der Waals surface area contributed by atoms with E-state index in [1.807, 2.05) is 31.2 Å². The van der Waals surface area contributed by atoms with Gasteiger partial charge < -0.3 is 19.3 Å². The molecular formula is C18H26N2O4. The fraction of sp³-hybridized carbons (Fsp3) is 0.556. The zero-order valence-corrected chi connectivity index (χ0v) is 14.7. The average molecular weight is 334 g/mol. The molecule has 6 nitrogen and oxygen atoms in total. The number of carbonyl (C=O) groups is 2. The van der Waals surface area contributed by atoms with Gasteiger partial charge in [-0.25, -0.2) is 0 Å². The van der Waals surface area contributed by atoms with Crippen LogP contribution in [0.3, 0.4) is 0 Å². The van der Waals surface area contributed by atoms with Crippen LogP contribution in [0.2, 0.25) is 0 Å². The van der Waals surface area contributed by atoms with Gasteiger partial charge in [0.15, 0.2) is 0 Å². The average Bonchev–Trinajstić information content (AvgIpc) is 2.97. The maximum Gasteiger partial charge on any atom is 0.228 e. The van der Waals surface area contributed by atoms with Gasteiger partial charge in [-0.2, -0.15) is 0 Å². The first-order valence-corrected chi connectivity index (χ1v) is 8.20. The van der Waals surface area contributed by atoms with E-state index in [0.717, 1.165) is 11.3 Å². The highest BCUT2D eigenvalue weighted by molar-refractivity contribution is 6.00. The van der Waals surface area contributed by atoms with Crippen molar-refractivity contribution in [2.75, 3.05) is 52.0 Å². The zero-order valence-electron chi connectivity index (χ0n) is 14.7. The second kappa shape index (κ2) is 8.80. The summed E-state index contributed by atoms with van der Waals surface area (Å²) in [6.45, 7) is 4.39. The van der Waals surface area contributed by atoms with Crippen molar-refractivity contribution in [3.05, 3.63) is 29.8 Å². The number of hydrogen-bond acceptors (Lipinski definition) is 4. The van der Waals surface area contributed by atoms with Crippen molar-refractivity contribution in [2.45, 2.75) is 13.3 Å². The van der Waals surface area contributed by atoms with Crippen molar-refractivity contribution in [1.29, 1.82) is 0 Å². The SMILES string of the molecule is COCCN(CCOC)C(=O)C1CC(=O)N(c2ccc(C)cc2)C1. The number of aryl methyl sites for hydroxylation is 1. The van der Waals surface area contributed by atoms with Gasteiger partial charge in [0, 0.05) is 46.0 Å². The van der Waals surface area contributed by atoms with Gasteiger partial charge in [0.1, 0.15) is 0 Å². The number of carbonyl (C=O) groups excluding carboxylic acids is 2. The lowest BCUT2D eigenvalue weighted by Gasteiger charge is -2.25. The summed E-state index contributed by atoms with van der Waals surface area (Å²) >= 11 is 0. The number of rotatable bonds is 8. The fourth-order valence-electron chi connectivity index (χ4n) is 2.84. The molecule has 1 unspecified atom stereocenters. The van der Waals surface area contributed by atoms with Gasteiger partial charge in [0.2, 0.25) is 11.8 Å². The minimum Gasteiger partial charge on any atom is -0.383 e. The molecule has 1 aromatic carbocycles. The van der Waals surface area contributed by atoms with E-state index >= 15 is 0 Å². The summed E-state index contributed by atoms with van der Waals surface area (Å²) in [5.41, 5.74) is 1.99. The van der Waals surface area contributed by atoms with Crippen LogP contribution in [0.25, 0.3) is 0 Å². The zero-order chi connectivity index (χ0) is 17.5. The van der Waals surface area contributed by atoms with Crippen LogP contribution in [0.1, 0.15) is 12.0 Å². The first kappa shape index (κ1) is 18.4. The van der Waals surface area contributed by atoms with Crippen LogP contribution in [0.15, 0.2) is 24.3 Å².